The summed E-state index contributed by atoms with van der Waals surface area (Å²) in [5.74, 6) is -0.0445. The Balaban J connectivity index is 1.48. The Labute approximate surface area is 199 Å². The molecule has 3 heterocycles. The second kappa shape index (κ2) is 9.61. The molecule has 172 valence electrons. The van der Waals surface area contributed by atoms with Crippen LogP contribution in [0.15, 0.2) is 73.1 Å². The third-order valence-corrected chi connectivity index (χ3v) is 6.69. The SMILES string of the molecule is Cc1c(Nc2nccc3c(CN4CCCCC4C(=O)O)ccnc23)cccc1-c1ccccc1. The molecule has 6 nitrogen and oxygen atoms in total. The monoisotopic (exact) mass is 452 g/mol. The quantitative estimate of drug-likeness (QED) is 0.386. The molecule has 1 aliphatic rings. The third kappa shape index (κ3) is 4.37. The first-order valence-corrected chi connectivity index (χ1v) is 11.7. The predicted octanol–water partition coefficient (Wildman–Crippen LogP) is 5.79. The van der Waals surface area contributed by atoms with Gasteiger partial charge in [-0.15, -0.1) is 0 Å². The number of carbonyl (C=O) groups is 1. The van der Waals surface area contributed by atoms with E-state index in [9.17, 15) is 9.90 Å². The zero-order chi connectivity index (χ0) is 23.5. The third-order valence-electron chi connectivity index (χ3n) is 6.69. The molecule has 2 N–H and O–H groups in total. The van der Waals surface area contributed by atoms with Crippen LogP contribution in [0.5, 0.6) is 0 Å². The number of likely N-dealkylation sites (tertiary alicyclic amines) is 1. The van der Waals surface area contributed by atoms with E-state index in [1.54, 1.807) is 12.4 Å². The molecule has 1 fully saturated rings. The number of benzene rings is 2. The molecule has 1 unspecified atom stereocenters. The minimum Gasteiger partial charge on any atom is -0.480 e. The van der Waals surface area contributed by atoms with Gasteiger partial charge in [0, 0.05) is 30.0 Å². The van der Waals surface area contributed by atoms with Crippen LogP contribution < -0.4 is 5.32 Å². The molecule has 1 saturated heterocycles. The van der Waals surface area contributed by atoms with Crippen molar-refractivity contribution in [3.8, 4) is 11.1 Å². The van der Waals surface area contributed by atoms with Crippen molar-refractivity contribution in [2.45, 2.75) is 38.8 Å². The molecule has 1 aliphatic heterocycles. The standard InChI is InChI=1S/C28H28N4O2/c1-19-22(20-8-3-2-4-9-20)10-7-11-24(19)31-27-26-23(14-16-30-27)21(13-15-29-26)18-32-17-6-5-12-25(32)28(33)34/h2-4,7-11,13-16,25H,5-6,12,17-18H2,1H3,(H,30,31)(H,33,34). The van der Waals surface area contributed by atoms with E-state index in [0.717, 1.165) is 47.1 Å². The summed E-state index contributed by atoms with van der Waals surface area (Å²) in [6.07, 6.45) is 6.26. The van der Waals surface area contributed by atoms with Gasteiger partial charge in [-0.05, 0) is 66.8 Å². The van der Waals surface area contributed by atoms with Crippen LogP contribution in [0.2, 0.25) is 0 Å². The molecule has 6 heteroatoms. The molecular weight excluding hydrogens is 424 g/mol. The van der Waals surface area contributed by atoms with Crippen molar-refractivity contribution in [2.75, 3.05) is 11.9 Å². The van der Waals surface area contributed by atoms with E-state index in [4.69, 9.17) is 0 Å². The van der Waals surface area contributed by atoms with E-state index in [1.165, 1.54) is 11.1 Å². The summed E-state index contributed by atoms with van der Waals surface area (Å²) in [6.45, 7) is 3.49. The molecule has 34 heavy (non-hydrogen) atoms. The first-order valence-electron chi connectivity index (χ1n) is 11.7. The van der Waals surface area contributed by atoms with Gasteiger partial charge in [0.1, 0.15) is 11.6 Å². The molecule has 0 aliphatic carbocycles. The van der Waals surface area contributed by atoms with Crippen LogP contribution in [-0.4, -0.2) is 38.5 Å². The molecule has 0 saturated carbocycles. The van der Waals surface area contributed by atoms with Crippen LogP contribution in [0.4, 0.5) is 11.5 Å². The Kier molecular flexibility index (Phi) is 6.23. The Morgan fingerprint density at radius 2 is 1.85 bits per heavy atom. The maximum absolute atomic E-state index is 11.8. The van der Waals surface area contributed by atoms with Crippen molar-refractivity contribution < 1.29 is 9.90 Å². The number of rotatable bonds is 6. The lowest BCUT2D eigenvalue weighted by molar-refractivity contribution is -0.144. The van der Waals surface area contributed by atoms with Crippen LogP contribution in [0.1, 0.15) is 30.4 Å². The number of pyridine rings is 2. The highest BCUT2D eigenvalue weighted by atomic mass is 16.4. The number of carboxylic acid groups (broad SMARTS) is 1. The lowest BCUT2D eigenvalue weighted by Crippen LogP contribution is -2.44. The van der Waals surface area contributed by atoms with Gasteiger partial charge in [0.15, 0.2) is 5.82 Å². The Hall–Kier alpha value is -3.77. The summed E-state index contributed by atoms with van der Waals surface area (Å²) in [5.41, 5.74) is 6.32. The number of anilines is 2. The lowest BCUT2D eigenvalue weighted by Gasteiger charge is -2.33. The van der Waals surface area contributed by atoms with Crippen molar-refractivity contribution >= 4 is 28.4 Å². The second-order valence-electron chi connectivity index (χ2n) is 8.82. The minimum absolute atomic E-state index is 0.431. The number of hydrogen-bond acceptors (Lipinski definition) is 5. The average molecular weight is 453 g/mol. The molecule has 0 amide bonds. The zero-order valence-electron chi connectivity index (χ0n) is 19.2. The van der Waals surface area contributed by atoms with Crippen molar-refractivity contribution in [3.05, 3.63) is 84.2 Å². The maximum atomic E-state index is 11.8. The summed E-state index contributed by atoms with van der Waals surface area (Å²) in [7, 11) is 0. The normalized spacial score (nSPS) is 16.4. The first-order chi connectivity index (χ1) is 16.6. The molecule has 0 spiro atoms. The van der Waals surface area contributed by atoms with Gasteiger partial charge in [0.2, 0.25) is 0 Å². The second-order valence-corrected chi connectivity index (χ2v) is 8.82. The molecule has 2 aromatic carbocycles. The minimum atomic E-state index is -0.740. The summed E-state index contributed by atoms with van der Waals surface area (Å²) in [4.78, 5) is 23.1. The number of piperidine rings is 1. The zero-order valence-corrected chi connectivity index (χ0v) is 19.2. The van der Waals surface area contributed by atoms with Gasteiger partial charge in [0.25, 0.3) is 0 Å². The number of aliphatic carboxylic acids is 1. The molecule has 0 radical (unpaired) electrons. The van der Waals surface area contributed by atoms with E-state index in [0.29, 0.717) is 18.8 Å². The molecule has 4 aromatic rings. The Bertz CT molecular complexity index is 1320. The van der Waals surface area contributed by atoms with Gasteiger partial charge < -0.3 is 10.4 Å². The molecule has 2 aromatic heterocycles. The van der Waals surface area contributed by atoms with Gasteiger partial charge in [-0.3, -0.25) is 14.7 Å². The smallest absolute Gasteiger partial charge is 0.320 e. The van der Waals surface area contributed by atoms with E-state index in [-0.39, 0.29) is 0 Å². The van der Waals surface area contributed by atoms with Crippen molar-refractivity contribution in [3.63, 3.8) is 0 Å². The topological polar surface area (TPSA) is 78.4 Å². The lowest BCUT2D eigenvalue weighted by atomic mass is 9.99. The van der Waals surface area contributed by atoms with Gasteiger partial charge in [-0.1, -0.05) is 48.9 Å². The van der Waals surface area contributed by atoms with Crippen molar-refractivity contribution in [1.29, 1.82) is 0 Å². The Morgan fingerprint density at radius 1 is 1.03 bits per heavy atom. The molecule has 1 atom stereocenters. The fourth-order valence-corrected chi connectivity index (χ4v) is 4.87. The molecule has 5 rings (SSSR count). The number of aromatic nitrogens is 2. The van der Waals surface area contributed by atoms with Crippen LogP contribution >= 0.6 is 0 Å². The highest BCUT2D eigenvalue weighted by Gasteiger charge is 2.28. The predicted molar refractivity (Wildman–Crippen MR) is 135 cm³/mol. The average Bonchev–Trinajstić information content (AvgIpc) is 2.86. The van der Waals surface area contributed by atoms with Crippen LogP contribution in [0.25, 0.3) is 22.0 Å². The van der Waals surface area contributed by atoms with Crippen LogP contribution in [0, 0.1) is 6.92 Å². The van der Waals surface area contributed by atoms with E-state index < -0.39 is 12.0 Å². The Morgan fingerprint density at radius 3 is 2.68 bits per heavy atom. The van der Waals surface area contributed by atoms with E-state index in [1.807, 2.05) is 36.4 Å². The van der Waals surface area contributed by atoms with Crippen molar-refractivity contribution in [1.82, 2.24) is 14.9 Å². The fourth-order valence-electron chi connectivity index (χ4n) is 4.87. The number of fused-ring (bicyclic) bond motifs is 1. The number of carboxylic acids is 1. The highest BCUT2D eigenvalue weighted by molar-refractivity contribution is 5.92. The van der Waals surface area contributed by atoms with E-state index in [2.05, 4.69) is 51.4 Å². The summed E-state index contributed by atoms with van der Waals surface area (Å²) in [6, 6.07) is 20.1. The molecule has 0 bridgehead atoms. The number of hydrogen-bond donors (Lipinski definition) is 2. The number of nitrogens with one attached hydrogen (secondary N) is 1. The van der Waals surface area contributed by atoms with Gasteiger partial charge in [0.05, 0.1) is 0 Å². The maximum Gasteiger partial charge on any atom is 0.320 e. The van der Waals surface area contributed by atoms with Crippen LogP contribution in [-0.2, 0) is 11.3 Å². The van der Waals surface area contributed by atoms with E-state index >= 15 is 0 Å². The molecular formula is C28H28N4O2. The summed E-state index contributed by atoms with van der Waals surface area (Å²) < 4.78 is 0. The highest BCUT2D eigenvalue weighted by Crippen LogP contribution is 2.32. The fraction of sp³-hybridized carbons (Fsp3) is 0.250. The van der Waals surface area contributed by atoms with Gasteiger partial charge in [-0.25, -0.2) is 4.98 Å². The van der Waals surface area contributed by atoms with Gasteiger partial charge >= 0.3 is 5.97 Å². The van der Waals surface area contributed by atoms with Crippen LogP contribution in [0.3, 0.4) is 0 Å². The first kappa shape index (κ1) is 22.0. The largest absolute Gasteiger partial charge is 0.480 e. The summed E-state index contributed by atoms with van der Waals surface area (Å²) in [5, 5.41) is 14.2. The number of nitrogens with zero attached hydrogens (tertiary/aromatic N) is 3. The van der Waals surface area contributed by atoms with Crippen molar-refractivity contribution in [2.24, 2.45) is 0 Å². The van der Waals surface area contributed by atoms with Gasteiger partial charge in [-0.2, -0.15) is 0 Å². The summed E-state index contributed by atoms with van der Waals surface area (Å²) >= 11 is 0.